The Morgan fingerprint density at radius 1 is 1.14 bits per heavy atom. The summed E-state index contributed by atoms with van der Waals surface area (Å²) < 4.78 is 0. The van der Waals surface area contributed by atoms with Crippen molar-refractivity contribution in [3.05, 3.63) is 34.9 Å². The summed E-state index contributed by atoms with van der Waals surface area (Å²) in [6, 6.07) is 8.83. The maximum Gasteiger partial charge on any atom is 0.0453 e. The van der Waals surface area contributed by atoms with Gasteiger partial charge in [0, 0.05) is 37.2 Å². The van der Waals surface area contributed by atoms with Crippen molar-refractivity contribution in [1.29, 1.82) is 0 Å². The SMILES string of the molecule is CCCCC[C@H](c1ccccc1Cl)N1CCNCC1.Cl.Cl. The molecule has 0 aromatic heterocycles. The zero-order valence-electron chi connectivity index (χ0n) is 12.7. The van der Waals surface area contributed by atoms with E-state index >= 15 is 0 Å². The van der Waals surface area contributed by atoms with Gasteiger partial charge in [-0.1, -0.05) is 56.0 Å². The lowest BCUT2D eigenvalue weighted by Crippen LogP contribution is -2.45. The Morgan fingerprint density at radius 2 is 1.81 bits per heavy atom. The largest absolute Gasteiger partial charge is 0.314 e. The number of nitrogens with zero attached hydrogens (tertiary/aromatic N) is 1. The van der Waals surface area contributed by atoms with Gasteiger partial charge in [0.2, 0.25) is 0 Å². The number of rotatable bonds is 6. The quantitative estimate of drug-likeness (QED) is 0.745. The highest BCUT2D eigenvalue weighted by atomic mass is 35.5. The molecule has 1 aromatic carbocycles. The van der Waals surface area contributed by atoms with Gasteiger partial charge in [-0.15, -0.1) is 24.8 Å². The van der Waals surface area contributed by atoms with Crippen LogP contribution in [0.2, 0.25) is 5.02 Å². The number of nitrogens with one attached hydrogen (secondary N) is 1. The van der Waals surface area contributed by atoms with E-state index in [1.54, 1.807) is 0 Å². The third-order valence-electron chi connectivity index (χ3n) is 3.94. The standard InChI is InChI=1S/C16H25ClN2.2ClH/c1-2-3-4-9-16(19-12-10-18-11-13-19)14-7-5-6-8-15(14)17;;/h5-8,16,18H,2-4,9-13H2,1H3;2*1H/t16-;;/m1../s1. The van der Waals surface area contributed by atoms with Crippen molar-refractivity contribution in [3.8, 4) is 0 Å². The summed E-state index contributed by atoms with van der Waals surface area (Å²) in [5.74, 6) is 0. The molecular formula is C16H27Cl3N2. The Labute approximate surface area is 146 Å². The molecule has 0 spiro atoms. The Hall–Kier alpha value is 0.01000. The number of unbranched alkanes of at least 4 members (excludes halogenated alkanes) is 2. The van der Waals surface area contributed by atoms with Gasteiger partial charge >= 0.3 is 0 Å². The van der Waals surface area contributed by atoms with Gasteiger partial charge in [-0.2, -0.15) is 0 Å². The molecular weight excluding hydrogens is 327 g/mol. The van der Waals surface area contributed by atoms with Gasteiger partial charge in [0.15, 0.2) is 0 Å². The fraction of sp³-hybridized carbons (Fsp3) is 0.625. The smallest absolute Gasteiger partial charge is 0.0453 e. The third kappa shape index (κ3) is 6.33. The lowest BCUT2D eigenvalue weighted by Gasteiger charge is -2.35. The Bertz CT molecular complexity index is 382. The predicted octanol–water partition coefficient (Wildman–Crippen LogP) is 4.71. The van der Waals surface area contributed by atoms with Gasteiger partial charge in [-0.05, 0) is 18.1 Å². The van der Waals surface area contributed by atoms with Crippen molar-refractivity contribution < 1.29 is 0 Å². The molecule has 0 radical (unpaired) electrons. The van der Waals surface area contributed by atoms with Gasteiger partial charge in [-0.25, -0.2) is 0 Å². The molecule has 1 atom stereocenters. The first kappa shape index (κ1) is 21.0. The number of hydrogen-bond acceptors (Lipinski definition) is 2. The van der Waals surface area contributed by atoms with E-state index in [0.717, 1.165) is 31.2 Å². The van der Waals surface area contributed by atoms with E-state index in [-0.39, 0.29) is 24.8 Å². The van der Waals surface area contributed by atoms with E-state index in [2.05, 4.69) is 29.3 Å². The summed E-state index contributed by atoms with van der Waals surface area (Å²) in [5, 5.41) is 4.35. The van der Waals surface area contributed by atoms with Crippen LogP contribution in [0.4, 0.5) is 0 Å². The van der Waals surface area contributed by atoms with E-state index in [4.69, 9.17) is 11.6 Å². The first-order valence-electron chi connectivity index (χ1n) is 7.52. The zero-order valence-corrected chi connectivity index (χ0v) is 15.1. The normalized spacial score (nSPS) is 16.7. The first-order chi connectivity index (χ1) is 9.33. The van der Waals surface area contributed by atoms with E-state index < -0.39 is 0 Å². The second kappa shape index (κ2) is 11.6. The van der Waals surface area contributed by atoms with Crippen molar-refractivity contribution in [3.63, 3.8) is 0 Å². The molecule has 2 nitrogen and oxygen atoms in total. The van der Waals surface area contributed by atoms with Crippen LogP contribution in [0.15, 0.2) is 24.3 Å². The van der Waals surface area contributed by atoms with Crippen LogP contribution in [0.25, 0.3) is 0 Å². The maximum atomic E-state index is 6.41. The van der Waals surface area contributed by atoms with Crippen LogP contribution in [0.1, 0.15) is 44.2 Å². The summed E-state index contributed by atoms with van der Waals surface area (Å²) in [7, 11) is 0. The molecule has 1 saturated heterocycles. The number of benzene rings is 1. The summed E-state index contributed by atoms with van der Waals surface area (Å²) in [4.78, 5) is 2.59. The van der Waals surface area contributed by atoms with Crippen LogP contribution in [0.5, 0.6) is 0 Å². The molecule has 1 aromatic rings. The Balaban J connectivity index is 0.00000200. The van der Waals surface area contributed by atoms with Gasteiger partial charge in [-0.3, -0.25) is 4.90 Å². The van der Waals surface area contributed by atoms with E-state index in [9.17, 15) is 0 Å². The van der Waals surface area contributed by atoms with Crippen LogP contribution < -0.4 is 5.32 Å². The number of halogens is 3. The molecule has 5 heteroatoms. The van der Waals surface area contributed by atoms with Crippen molar-refractivity contribution in [2.45, 2.75) is 38.6 Å². The third-order valence-corrected chi connectivity index (χ3v) is 4.28. The van der Waals surface area contributed by atoms with Crippen LogP contribution in [-0.2, 0) is 0 Å². The van der Waals surface area contributed by atoms with Crippen molar-refractivity contribution in [1.82, 2.24) is 10.2 Å². The molecule has 122 valence electrons. The van der Waals surface area contributed by atoms with Crippen LogP contribution in [-0.4, -0.2) is 31.1 Å². The zero-order chi connectivity index (χ0) is 13.5. The lowest BCUT2D eigenvalue weighted by atomic mass is 9.98. The maximum absolute atomic E-state index is 6.41. The highest BCUT2D eigenvalue weighted by Crippen LogP contribution is 2.31. The molecule has 1 aliphatic heterocycles. The van der Waals surface area contributed by atoms with Crippen LogP contribution in [0.3, 0.4) is 0 Å². The van der Waals surface area contributed by atoms with Gasteiger partial charge in [0.05, 0.1) is 0 Å². The predicted molar refractivity (Wildman–Crippen MR) is 97.3 cm³/mol. The monoisotopic (exact) mass is 352 g/mol. The topological polar surface area (TPSA) is 15.3 Å². The minimum Gasteiger partial charge on any atom is -0.314 e. The number of piperazine rings is 1. The minimum atomic E-state index is 0. The average Bonchev–Trinajstić information content (AvgIpc) is 2.46. The van der Waals surface area contributed by atoms with Crippen molar-refractivity contribution in [2.24, 2.45) is 0 Å². The Morgan fingerprint density at radius 3 is 2.43 bits per heavy atom. The highest BCUT2D eigenvalue weighted by Gasteiger charge is 2.23. The molecule has 0 saturated carbocycles. The number of hydrogen-bond donors (Lipinski definition) is 1. The molecule has 0 unspecified atom stereocenters. The minimum absolute atomic E-state index is 0. The second-order valence-corrected chi connectivity index (χ2v) is 5.73. The van der Waals surface area contributed by atoms with E-state index in [1.807, 2.05) is 12.1 Å². The van der Waals surface area contributed by atoms with Crippen LogP contribution in [0, 0.1) is 0 Å². The average molecular weight is 354 g/mol. The summed E-state index contributed by atoms with van der Waals surface area (Å²) in [6.45, 7) is 6.70. The van der Waals surface area contributed by atoms with Gasteiger partial charge in [0.25, 0.3) is 0 Å². The second-order valence-electron chi connectivity index (χ2n) is 5.32. The summed E-state index contributed by atoms with van der Waals surface area (Å²) in [5.41, 5.74) is 1.31. The molecule has 0 amide bonds. The molecule has 1 fully saturated rings. The Kier molecular flexibility index (Phi) is 11.6. The summed E-state index contributed by atoms with van der Waals surface area (Å²) >= 11 is 6.41. The fourth-order valence-electron chi connectivity index (χ4n) is 2.86. The molecule has 2 rings (SSSR count). The van der Waals surface area contributed by atoms with Crippen molar-refractivity contribution in [2.75, 3.05) is 26.2 Å². The molecule has 1 N–H and O–H groups in total. The molecule has 21 heavy (non-hydrogen) atoms. The van der Waals surface area contributed by atoms with E-state index in [0.29, 0.717) is 6.04 Å². The summed E-state index contributed by atoms with van der Waals surface area (Å²) in [6.07, 6.45) is 5.09. The van der Waals surface area contributed by atoms with Gasteiger partial charge < -0.3 is 5.32 Å². The first-order valence-corrected chi connectivity index (χ1v) is 7.90. The van der Waals surface area contributed by atoms with Gasteiger partial charge in [0.1, 0.15) is 0 Å². The highest BCUT2D eigenvalue weighted by molar-refractivity contribution is 6.31. The molecule has 1 heterocycles. The fourth-order valence-corrected chi connectivity index (χ4v) is 3.12. The van der Waals surface area contributed by atoms with E-state index in [1.165, 1.54) is 31.2 Å². The van der Waals surface area contributed by atoms with Crippen molar-refractivity contribution >= 4 is 36.4 Å². The lowest BCUT2D eigenvalue weighted by molar-refractivity contribution is 0.163. The van der Waals surface area contributed by atoms with Crippen LogP contribution >= 0.6 is 36.4 Å². The molecule has 0 bridgehead atoms. The molecule has 1 aliphatic rings. The molecule has 0 aliphatic carbocycles.